The summed E-state index contributed by atoms with van der Waals surface area (Å²) in [5.74, 6) is -2.04. The normalized spacial score (nSPS) is 13.6. The molecule has 0 aliphatic rings. The molecule has 0 spiro atoms. The second-order valence-corrected chi connectivity index (χ2v) is 5.78. The first-order valence-electron chi connectivity index (χ1n) is 5.42. The quantitative estimate of drug-likeness (QED) is 0.824. The van der Waals surface area contributed by atoms with Crippen molar-refractivity contribution >= 4 is 10.0 Å². The maximum Gasteiger partial charge on any atom is 0.243 e. The number of rotatable bonds is 6. The average Bonchev–Trinajstić information content (AvgIpc) is 2.26. The van der Waals surface area contributed by atoms with E-state index >= 15 is 0 Å². The van der Waals surface area contributed by atoms with E-state index < -0.39 is 26.6 Å². The number of hydrogen-bond donors (Lipinski definition) is 2. The van der Waals surface area contributed by atoms with Crippen molar-refractivity contribution in [2.24, 2.45) is 5.92 Å². The van der Waals surface area contributed by atoms with E-state index in [1.54, 1.807) is 6.92 Å². The summed E-state index contributed by atoms with van der Waals surface area (Å²) in [7, 11) is -3.99. The minimum Gasteiger partial charge on any atom is -0.396 e. The molecule has 7 heteroatoms. The van der Waals surface area contributed by atoms with Crippen molar-refractivity contribution in [2.75, 3.05) is 13.2 Å². The fraction of sp³-hybridized carbons (Fsp3) is 0.455. The first-order chi connectivity index (χ1) is 8.36. The number of hydrogen-bond acceptors (Lipinski definition) is 3. The summed E-state index contributed by atoms with van der Waals surface area (Å²) in [4.78, 5) is -0.583. The molecule has 0 fully saturated rings. The second-order valence-electron chi connectivity index (χ2n) is 4.04. The van der Waals surface area contributed by atoms with Gasteiger partial charge < -0.3 is 5.11 Å². The lowest BCUT2D eigenvalue weighted by molar-refractivity contribution is 0.263. The van der Waals surface area contributed by atoms with Gasteiger partial charge in [0, 0.05) is 19.2 Å². The van der Waals surface area contributed by atoms with Gasteiger partial charge in [-0.15, -0.1) is 0 Å². The van der Waals surface area contributed by atoms with Crippen molar-refractivity contribution in [3.63, 3.8) is 0 Å². The van der Waals surface area contributed by atoms with Gasteiger partial charge in [-0.1, -0.05) is 6.92 Å². The molecule has 1 unspecified atom stereocenters. The Bertz CT molecular complexity index is 505. The Hall–Kier alpha value is -1.05. The number of benzene rings is 1. The summed E-state index contributed by atoms with van der Waals surface area (Å²) >= 11 is 0. The zero-order chi connectivity index (χ0) is 13.8. The van der Waals surface area contributed by atoms with E-state index in [0.717, 1.165) is 12.1 Å². The van der Waals surface area contributed by atoms with Crippen LogP contribution in [0.3, 0.4) is 0 Å². The predicted molar refractivity (Wildman–Crippen MR) is 62.4 cm³/mol. The van der Waals surface area contributed by atoms with Crippen molar-refractivity contribution < 1.29 is 22.3 Å². The highest BCUT2D eigenvalue weighted by molar-refractivity contribution is 7.89. The summed E-state index contributed by atoms with van der Waals surface area (Å²) in [6, 6.07) is 2.28. The zero-order valence-electron chi connectivity index (χ0n) is 9.86. The standard InChI is InChI=1S/C11H15F2NO3S/c1-8(4-5-15)7-14-18(16,17)11-3-2-9(12)6-10(11)13/h2-3,6,8,14-15H,4-5,7H2,1H3. The molecule has 1 atom stereocenters. The molecule has 0 radical (unpaired) electrons. The fourth-order valence-corrected chi connectivity index (χ4v) is 2.57. The molecule has 0 bridgehead atoms. The SMILES string of the molecule is CC(CCO)CNS(=O)(=O)c1ccc(F)cc1F. The first-order valence-corrected chi connectivity index (χ1v) is 6.90. The van der Waals surface area contributed by atoms with Crippen LogP contribution in [0.2, 0.25) is 0 Å². The minimum absolute atomic E-state index is 0.0478. The molecule has 0 aliphatic heterocycles. The highest BCUT2D eigenvalue weighted by Gasteiger charge is 2.19. The lowest BCUT2D eigenvalue weighted by Gasteiger charge is -2.12. The molecule has 1 rings (SSSR count). The van der Waals surface area contributed by atoms with Crippen molar-refractivity contribution in [3.8, 4) is 0 Å². The lowest BCUT2D eigenvalue weighted by Crippen LogP contribution is -2.29. The van der Waals surface area contributed by atoms with E-state index in [9.17, 15) is 17.2 Å². The Morgan fingerprint density at radius 3 is 2.61 bits per heavy atom. The highest BCUT2D eigenvalue weighted by Crippen LogP contribution is 2.15. The van der Waals surface area contributed by atoms with E-state index in [2.05, 4.69) is 4.72 Å². The van der Waals surface area contributed by atoms with Crippen LogP contribution in [0.15, 0.2) is 23.1 Å². The topological polar surface area (TPSA) is 66.4 Å². The molecule has 4 nitrogen and oxygen atoms in total. The van der Waals surface area contributed by atoms with Crippen LogP contribution in [-0.2, 0) is 10.0 Å². The zero-order valence-corrected chi connectivity index (χ0v) is 10.7. The molecule has 0 aliphatic carbocycles. The van der Waals surface area contributed by atoms with Gasteiger partial charge in [0.2, 0.25) is 10.0 Å². The Morgan fingerprint density at radius 1 is 1.39 bits per heavy atom. The second kappa shape index (κ2) is 6.21. The van der Waals surface area contributed by atoms with Gasteiger partial charge in [0.25, 0.3) is 0 Å². The predicted octanol–water partition coefficient (Wildman–Crippen LogP) is 1.26. The summed E-state index contributed by atoms with van der Waals surface area (Å²) in [6.07, 6.45) is 0.439. The Labute approximate surface area is 105 Å². The summed E-state index contributed by atoms with van der Waals surface area (Å²) in [5.41, 5.74) is 0. The smallest absolute Gasteiger partial charge is 0.243 e. The molecular formula is C11H15F2NO3S. The molecule has 1 aromatic rings. The lowest BCUT2D eigenvalue weighted by atomic mass is 10.1. The van der Waals surface area contributed by atoms with Crippen LogP contribution in [0.5, 0.6) is 0 Å². The van der Waals surface area contributed by atoms with Gasteiger partial charge in [-0.3, -0.25) is 0 Å². The molecule has 102 valence electrons. The number of sulfonamides is 1. The molecule has 0 aromatic heterocycles. The highest BCUT2D eigenvalue weighted by atomic mass is 32.2. The molecule has 18 heavy (non-hydrogen) atoms. The molecule has 0 saturated heterocycles. The third-order valence-electron chi connectivity index (χ3n) is 2.43. The molecular weight excluding hydrogens is 264 g/mol. The number of aliphatic hydroxyl groups excluding tert-OH is 1. The third-order valence-corrected chi connectivity index (χ3v) is 3.88. The van der Waals surface area contributed by atoms with Crippen LogP contribution in [0.4, 0.5) is 8.78 Å². The largest absolute Gasteiger partial charge is 0.396 e. The Balaban J connectivity index is 2.80. The van der Waals surface area contributed by atoms with Crippen LogP contribution in [0.25, 0.3) is 0 Å². The maximum atomic E-state index is 13.3. The monoisotopic (exact) mass is 279 g/mol. The van der Waals surface area contributed by atoms with Crippen LogP contribution in [0.1, 0.15) is 13.3 Å². The van der Waals surface area contributed by atoms with Crippen LogP contribution in [-0.4, -0.2) is 26.7 Å². The van der Waals surface area contributed by atoms with E-state index in [4.69, 9.17) is 5.11 Å². The van der Waals surface area contributed by atoms with Gasteiger partial charge in [-0.2, -0.15) is 0 Å². The maximum absolute atomic E-state index is 13.3. The van der Waals surface area contributed by atoms with Crippen molar-refractivity contribution in [1.82, 2.24) is 4.72 Å². The third kappa shape index (κ3) is 4.01. The van der Waals surface area contributed by atoms with Gasteiger partial charge in [-0.25, -0.2) is 21.9 Å². The van der Waals surface area contributed by atoms with Gasteiger partial charge >= 0.3 is 0 Å². The molecule has 1 aromatic carbocycles. The van der Waals surface area contributed by atoms with Gasteiger partial charge in [0.05, 0.1) is 0 Å². The van der Waals surface area contributed by atoms with Crippen LogP contribution >= 0.6 is 0 Å². The fourth-order valence-electron chi connectivity index (χ4n) is 1.35. The Kier molecular flexibility index (Phi) is 5.18. The minimum atomic E-state index is -3.99. The molecule has 2 N–H and O–H groups in total. The van der Waals surface area contributed by atoms with E-state index in [-0.39, 0.29) is 19.1 Å². The molecule has 0 amide bonds. The van der Waals surface area contributed by atoms with E-state index in [0.29, 0.717) is 12.5 Å². The number of nitrogens with one attached hydrogen (secondary N) is 1. The van der Waals surface area contributed by atoms with Gasteiger partial charge in [-0.05, 0) is 24.5 Å². The van der Waals surface area contributed by atoms with E-state index in [1.165, 1.54) is 0 Å². The van der Waals surface area contributed by atoms with Gasteiger partial charge in [0.15, 0.2) is 0 Å². The van der Waals surface area contributed by atoms with Crippen LogP contribution in [0, 0.1) is 17.6 Å². The van der Waals surface area contributed by atoms with E-state index in [1.807, 2.05) is 0 Å². The average molecular weight is 279 g/mol. The van der Waals surface area contributed by atoms with Crippen molar-refractivity contribution in [2.45, 2.75) is 18.2 Å². The summed E-state index contributed by atoms with van der Waals surface area (Å²) < 4.78 is 51.7. The molecule has 0 saturated carbocycles. The number of halogens is 2. The Morgan fingerprint density at radius 2 is 2.06 bits per heavy atom. The summed E-state index contributed by atoms with van der Waals surface area (Å²) in [6.45, 7) is 1.78. The first kappa shape index (κ1) is 15.0. The molecule has 0 heterocycles. The summed E-state index contributed by atoms with van der Waals surface area (Å²) in [5, 5.41) is 8.68. The van der Waals surface area contributed by atoms with Gasteiger partial charge in [0.1, 0.15) is 16.5 Å². The number of aliphatic hydroxyl groups is 1. The van der Waals surface area contributed by atoms with Crippen molar-refractivity contribution in [3.05, 3.63) is 29.8 Å². The van der Waals surface area contributed by atoms with Crippen LogP contribution < -0.4 is 4.72 Å². The van der Waals surface area contributed by atoms with Crippen molar-refractivity contribution in [1.29, 1.82) is 0 Å².